The third-order valence-corrected chi connectivity index (χ3v) is 4.33. The molecule has 2 unspecified atom stereocenters. The molecule has 0 fully saturated rings. The number of hydrogen-bond acceptors (Lipinski definition) is 2. The predicted octanol–water partition coefficient (Wildman–Crippen LogP) is 3.36. The maximum Gasteiger partial charge on any atom is 0.0653 e. The molecule has 0 aliphatic carbocycles. The van der Waals surface area contributed by atoms with Gasteiger partial charge in [-0.1, -0.05) is 36.4 Å². The van der Waals surface area contributed by atoms with Crippen LogP contribution in [0.1, 0.15) is 35.6 Å². The van der Waals surface area contributed by atoms with Crippen molar-refractivity contribution in [1.29, 1.82) is 0 Å². The van der Waals surface area contributed by atoms with E-state index in [1.165, 1.54) is 22.1 Å². The normalized spacial score (nSPS) is 21.9. The number of rotatable bonds is 1. The molecule has 1 aliphatic rings. The predicted molar refractivity (Wildman–Crippen MR) is 80.8 cm³/mol. The molecule has 0 saturated carbocycles. The van der Waals surface area contributed by atoms with Crippen molar-refractivity contribution in [1.82, 2.24) is 15.5 Å². The minimum Gasteiger partial charge on any atom is -0.309 e. The monoisotopic (exact) mass is 263 g/mol. The third-order valence-electron chi connectivity index (χ3n) is 4.33. The Bertz CT molecular complexity index is 760. The Morgan fingerprint density at radius 3 is 2.85 bits per heavy atom. The first-order valence-electron chi connectivity index (χ1n) is 7.08. The van der Waals surface area contributed by atoms with Crippen LogP contribution in [0.25, 0.3) is 10.9 Å². The fraction of sp³-hybridized carbons (Fsp3) is 0.235. The second-order valence-corrected chi connectivity index (χ2v) is 5.53. The van der Waals surface area contributed by atoms with Gasteiger partial charge in [0.2, 0.25) is 0 Å². The number of aromatic nitrogens is 2. The molecule has 2 N–H and O–H groups in total. The highest BCUT2D eigenvalue weighted by atomic mass is 15.1. The molecule has 0 radical (unpaired) electrons. The minimum atomic E-state index is 0.412. The molecule has 3 heteroatoms. The smallest absolute Gasteiger partial charge is 0.0653 e. The van der Waals surface area contributed by atoms with Crippen molar-refractivity contribution in [2.24, 2.45) is 0 Å². The molecular weight excluding hydrogens is 246 g/mol. The zero-order valence-electron chi connectivity index (χ0n) is 11.4. The van der Waals surface area contributed by atoms with Crippen LogP contribution in [0.15, 0.2) is 48.7 Å². The van der Waals surface area contributed by atoms with Crippen LogP contribution in [0, 0.1) is 0 Å². The van der Waals surface area contributed by atoms with Gasteiger partial charge in [-0.05, 0) is 29.7 Å². The van der Waals surface area contributed by atoms with Gasteiger partial charge < -0.3 is 5.32 Å². The first-order valence-corrected chi connectivity index (χ1v) is 7.08. The van der Waals surface area contributed by atoms with Gasteiger partial charge in [0.25, 0.3) is 0 Å². The van der Waals surface area contributed by atoms with E-state index >= 15 is 0 Å². The molecule has 1 aromatic heterocycles. The molecule has 2 aromatic carbocycles. The minimum absolute atomic E-state index is 0.412. The van der Waals surface area contributed by atoms with Crippen molar-refractivity contribution < 1.29 is 0 Å². The Morgan fingerprint density at radius 1 is 1.10 bits per heavy atom. The van der Waals surface area contributed by atoms with Crippen LogP contribution in [0.4, 0.5) is 0 Å². The number of H-pyrrole nitrogens is 1. The average Bonchev–Trinajstić information content (AvgIpc) is 2.95. The van der Waals surface area contributed by atoms with Crippen molar-refractivity contribution in [3.05, 3.63) is 65.4 Å². The van der Waals surface area contributed by atoms with Crippen LogP contribution in [-0.4, -0.2) is 16.7 Å². The van der Waals surface area contributed by atoms with Gasteiger partial charge in [0.1, 0.15) is 0 Å². The van der Waals surface area contributed by atoms with Gasteiger partial charge in [-0.25, -0.2) is 0 Å². The Labute approximate surface area is 118 Å². The molecule has 3 aromatic rings. The molecule has 0 bridgehead atoms. The average molecular weight is 263 g/mol. The van der Waals surface area contributed by atoms with Crippen LogP contribution < -0.4 is 5.32 Å². The van der Waals surface area contributed by atoms with Gasteiger partial charge in [0, 0.05) is 23.9 Å². The molecule has 3 nitrogen and oxygen atoms in total. The highest BCUT2D eigenvalue weighted by Crippen LogP contribution is 2.34. The van der Waals surface area contributed by atoms with Gasteiger partial charge in [0.05, 0.1) is 11.7 Å². The van der Waals surface area contributed by atoms with Gasteiger partial charge in [-0.15, -0.1) is 0 Å². The third kappa shape index (κ3) is 1.74. The maximum absolute atomic E-state index is 4.10. The van der Waals surface area contributed by atoms with E-state index in [1.807, 2.05) is 6.20 Å². The summed E-state index contributed by atoms with van der Waals surface area (Å²) in [6.45, 7) is 3.21. The summed E-state index contributed by atoms with van der Waals surface area (Å²) in [6, 6.07) is 15.8. The summed E-state index contributed by atoms with van der Waals surface area (Å²) in [4.78, 5) is 0. The van der Waals surface area contributed by atoms with Gasteiger partial charge in [-0.2, -0.15) is 5.10 Å². The van der Waals surface area contributed by atoms with Crippen molar-refractivity contribution in [2.45, 2.75) is 18.9 Å². The molecule has 1 aliphatic heterocycles. The zero-order chi connectivity index (χ0) is 13.5. The van der Waals surface area contributed by atoms with E-state index in [0.29, 0.717) is 12.0 Å². The van der Waals surface area contributed by atoms with Crippen LogP contribution in [0.2, 0.25) is 0 Å². The van der Waals surface area contributed by atoms with Gasteiger partial charge in [-0.3, -0.25) is 5.10 Å². The lowest BCUT2D eigenvalue weighted by atomic mass is 9.83. The van der Waals surface area contributed by atoms with Crippen LogP contribution in [0.5, 0.6) is 0 Å². The van der Waals surface area contributed by atoms with E-state index in [2.05, 4.69) is 64.9 Å². The SMILES string of the molecule is CC1NCC(c2ccc3cn[nH]c3c2)c2ccccc21. The summed E-state index contributed by atoms with van der Waals surface area (Å²) in [5.41, 5.74) is 5.30. The number of aromatic amines is 1. The van der Waals surface area contributed by atoms with Crippen molar-refractivity contribution >= 4 is 10.9 Å². The number of nitrogens with one attached hydrogen (secondary N) is 2. The molecule has 0 spiro atoms. The summed E-state index contributed by atoms with van der Waals surface area (Å²) in [7, 11) is 0. The molecule has 20 heavy (non-hydrogen) atoms. The second kappa shape index (κ2) is 4.46. The fourth-order valence-corrected chi connectivity index (χ4v) is 3.21. The summed E-state index contributed by atoms with van der Waals surface area (Å²) < 4.78 is 0. The standard InChI is InChI=1S/C17H17N3/c1-11-14-4-2-3-5-15(14)16(10-18-11)12-6-7-13-9-19-20-17(13)8-12/h2-9,11,16,18H,10H2,1H3,(H,19,20). The van der Waals surface area contributed by atoms with E-state index in [0.717, 1.165) is 12.1 Å². The van der Waals surface area contributed by atoms with Crippen molar-refractivity contribution in [3.8, 4) is 0 Å². The van der Waals surface area contributed by atoms with Gasteiger partial charge in [0.15, 0.2) is 0 Å². The Kier molecular flexibility index (Phi) is 2.60. The molecule has 0 saturated heterocycles. The van der Waals surface area contributed by atoms with Crippen LogP contribution in [0.3, 0.4) is 0 Å². The molecule has 2 heterocycles. The lowest BCUT2D eigenvalue weighted by Crippen LogP contribution is -2.31. The Morgan fingerprint density at radius 2 is 1.95 bits per heavy atom. The molecule has 2 atom stereocenters. The number of benzene rings is 2. The number of nitrogens with zero attached hydrogens (tertiary/aromatic N) is 1. The van der Waals surface area contributed by atoms with Gasteiger partial charge >= 0.3 is 0 Å². The fourth-order valence-electron chi connectivity index (χ4n) is 3.21. The Balaban J connectivity index is 1.84. The lowest BCUT2D eigenvalue weighted by molar-refractivity contribution is 0.508. The topological polar surface area (TPSA) is 40.7 Å². The maximum atomic E-state index is 4.10. The van der Waals surface area contributed by atoms with E-state index in [9.17, 15) is 0 Å². The van der Waals surface area contributed by atoms with Crippen LogP contribution in [-0.2, 0) is 0 Å². The molecule has 100 valence electrons. The first-order chi connectivity index (χ1) is 9.83. The Hall–Kier alpha value is -2.13. The second-order valence-electron chi connectivity index (χ2n) is 5.53. The quantitative estimate of drug-likeness (QED) is 0.707. The van der Waals surface area contributed by atoms with E-state index in [1.54, 1.807) is 0 Å². The lowest BCUT2D eigenvalue weighted by Gasteiger charge is -2.31. The molecule has 0 amide bonds. The number of hydrogen-bond donors (Lipinski definition) is 2. The summed E-state index contributed by atoms with van der Waals surface area (Å²) >= 11 is 0. The van der Waals surface area contributed by atoms with E-state index in [-0.39, 0.29) is 0 Å². The molecule has 4 rings (SSSR count). The van der Waals surface area contributed by atoms with Crippen molar-refractivity contribution in [3.63, 3.8) is 0 Å². The zero-order valence-corrected chi connectivity index (χ0v) is 11.4. The molecular formula is C17H17N3. The summed E-state index contributed by atoms with van der Waals surface area (Å²) in [6.07, 6.45) is 1.87. The summed E-state index contributed by atoms with van der Waals surface area (Å²) in [5.74, 6) is 0.412. The summed E-state index contributed by atoms with van der Waals surface area (Å²) in [5, 5.41) is 11.9. The first kappa shape index (κ1) is 11.7. The largest absolute Gasteiger partial charge is 0.309 e. The van der Waals surface area contributed by atoms with E-state index < -0.39 is 0 Å². The number of fused-ring (bicyclic) bond motifs is 2. The highest BCUT2D eigenvalue weighted by molar-refractivity contribution is 5.78. The van der Waals surface area contributed by atoms with Crippen LogP contribution >= 0.6 is 0 Å². The van der Waals surface area contributed by atoms with E-state index in [4.69, 9.17) is 0 Å². The highest BCUT2D eigenvalue weighted by Gasteiger charge is 2.25. The van der Waals surface area contributed by atoms with Crippen molar-refractivity contribution in [2.75, 3.05) is 6.54 Å².